The molecule has 0 atom stereocenters. The minimum absolute atomic E-state index is 0.0876. The van der Waals surface area contributed by atoms with Gasteiger partial charge in [0, 0.05) is 13.0 Å². The molecule has 0 aliphatic heterocycles. The summed E-state index contributed by atoms with van der Waals surface area (Å²) in [6.07, 6.45) is 0.843. The van der Waals surface area contributed by atoms with Gasteiger partial charge in [-0.1, -0.05) is 47.5 Å². The van der Waals surface area contributed by atoms with E-state index in [0.29, 0.717) is 29.4 Å². The van der Waals surface area contributed by atoms with Crippen LogP contribution in [0.2, 0.25) is 10.0 Å². The standard InChI is InChI=1S/C16H14Cl2FNO/c17-14-3-1-2-12(16(14)18)6-9-15(21)20-10-11-4-7-13(19)8-5-11/h1-5,7-8H,6,9-10H2,(H,20,21). The third kappa shape index (κ3) is 4.73. The lowest BCUT2D eigenvalue weighted by Gasteiger charge is -2.07. The summed E-state index contributed by atoms with van der Waals surface area (Å²) in [4.78, 5) is 11.8. The second kappa shape index (κ2) is 7.43. The smallest absolute Gasteiger partial charge is 0.220 e. The average molecular weight is 326 g/mol. The fourth-order valence-electron chi connectivity index (χ4n) is 1.88. The first-order valence-corrected chi connectivity index (χ1v) is 7.26. The first-order valence-electron chi connectivity index (χ1n) is 6.50. The van der Waals surface area contributed by atoms with Crippen molar-refractivity contribution in [2.75, 3.05) is 0 Å². The number of halogens is 3. The SMILES string of the molecule is O=C(CCc1cccc(Cl)c1Cl)NCc1ccc(F)cc1. The van der Waals surface area contributed by atoms with Crippen molar-refractivity contribution >= 4 is 29.1 Å². The maximum Gasteiger partial charge on any atom is 0.220 e. The highest BCUT2D eigenvalue weighted by Crippen LogP contribution is 2.26. The van der Waals surface area contributed by atoms with Crippen molar-refractivity contribution in [2.45, 2.75) is 19.4 Å². The van der Waals surface area contributed by atoms with Crippen LogP contribution in [0.4, 0.5) is 4.39 Å². The monoisotopic (exact) mass is 325 g/mol. The molecule has 110 valence electrons. The summed E-state index contributed by atoms with van der Waals surface area (Å²) < 4.78 is 12.8. The molecule has 0 saturated heterocycles. The van der Waals surface area contributed by atoms with E-state index in [9.17, 15) is 9.18 Å². The zero-order valence-corrected chi connectivity index (χ0v) is 12.7. The quantitative estimate of drug-likeness (QED) is 0.868. The molecule has 0 heterocycles. The fourth-order valence-corrected chi connectivity index (χ4v) is 2.30. The molecule has 0 unspecified atom stereocenters. The van der Waals surface area contributed by atoms with Gasteiger partial charge < -0.3 is 5.32 Å². The van der Waals surface area contributed by atoms with Gasteiger partial charge in [-0.15, -0.1) is 0 Å². The van der Waals surface area contributed by atoms with Crippen molar-refractivity contribution < 1.29 is 9.18 Å². The molecule has 0 aliphatic carbocycles. The Morgan fingerprint density at radius 3 is 2.52 bits per heavy atom. The van der Waals surface area contributed by atoms with Crippen LogP contribution in [0.5, 0.6) is 0 Å². The molecule has 2 nitrogen and oxygen atoms in total. The molecule has 5 heteroatoms. The molecule has 0 fully saturated rings. The van der Waals surface area contributed by atoms with E-state index < -0.39 is 0 Å². The van der Waals surface area contributed by atoms with Crippen LogP contribution < -0.4 is 5.32 Å². The lowest BCUT2D eigenvalue weighted by Crippen LogP contribution is -2.23. The molecule has 0 radical (unpaired) electrons. The van der Waals surface area contributed by atoms with E-state index in [1.807, 2.05) is 6.07 Å². The molecule has 0 saturated carbocycles. The van der Waals surface area contributed by atoms with Crippen LogP contribution in [0, 0.1) is 5.82 Å². The zero-order valence-electron chi connectivity index (χ0n) is 11.2. The number of hydrogen-bond donors (Lipinski definition) is 1. The van der Waals surface area contributed by atoms with Crippen LogP contribution in [0.25, 0.3) is 0 Å². The van der Waals surface area contributed by atoms with Crippen LogP contribution in [-0.2, 0) is 17.8 Å². The molecule has 0 bridgehead atoms. The summed E-state index contributed by atoms with van der Waals surface area (Å²) in [6, 6.07) is 11.4. The van der Waals surface area contributed by atoms with E-state index in [1.54, 1.807) is 24.3 Å². The topological polar surface area (TPSA) is 29.1 Å². The predicted molar refractivity (Wildman–Crippen MR) is 83.0 cm³/mol. The third-order valence-electron chi connectivity index (χ3n) is 3.06. The van der Waals surface area contributed by atoms with Gasteiger partial charge in [0.05, 0.1) is 10.0 Å². The molecule has 2 aromatic carbocycles. The number of rotatable bonds is 5. The molecule has 1 N–H and O–H groups in total. The van der Waals surface area contributed by atoms with E-state index >= 15 is 0 Å². The Morgan fingerprint density at radius 1 is 1.10 bits per heavy atom. The summed E-state index contributed by atoms with van der Waals surface area (Å²) in [5, 5.41) is 3.76. The fraction of sp³-hybridized carbons (Fsp3) is 0.188. The predicted octanol–water partition coefficient (Wildman–Crippen LogP) is 4.38. The van der Waals surface area contributed by atoms with E-state index in [4.69, 9.17) is 23.2 Å². The molecular weight excluding hydrogens is 312 g/mol. The Hall–Kier alpha value is -1.58. The van der Waals surface area contributed by atoms with Crippen LogP contribution >= 0.6 is 23.2 Å². The van der Waals surface area contributed by atoms with Gasteiger partial charge in [-0.25, -0.2) is 4.39 Å². The number of nitrogens with one attached hydrogen (secondary N) is 1. The van der Waals surface area contributed by atoms with Crippen molar-refractivity contribution in [2.24, 2.45) is 0 Å². The van der Waals surface area contributed by atoms with Crippen molar-refractivity contribution in [3.05, 3.63) is 69.5 Å². The van der Waals surface area contributed by atoms with Crippen LogP contribution in [0.15, 0.2) is 42.5 Å². The summed E-state index contributed by atoms with van der Waals surface area (Å²) in [7, 11) is 0. The molecule has 0 aromatic heterocycles. The number of amides is 1. The number of carbonyl (C=O) groups is 1. The largest absolute Gasteiger partial charge is 0.352 e. The molecule has 0 aliphatic rings. The van der Waals surface area contributed by atoms with Gasteiger partial charge in [0.25, 0.3) is 0 Å². The van der Waals surface area contributed by atoms with E-state index in [2.05, 4.69) is 5.32 Å². The Labute approximate surface area is 132 Å². The van der Waals surface area contributed by atoms with Gasteiger partial charge in [-0.3, -0.25) is 4.79 Å². The minimum Gasteiger partial charge on any atom is -0.352 e. The minimum atomic E-state index is -0.291. The molecule has 21 heavy (non-hydrogen) atoms. The van der Waals surface area contributed by atoms with Gasteiger partial charge in [0.15, 0.2) is 0 Å². The van der Waals surface area contributed by atoms with Crippen LogP contribution in [0.1, 0.15) is 17.5 Å². The van der Waals surface area contributed by atoms with Gasteiger partial charge >= 0.3 is 0 Å². The average Bonchev–Trinajstić information content (AvgIpc) is 2.48. The van der Waals surface area contributed by atoms with Crippen molar-refractivity contribution in [1.29, 1.82) is 0 Å². The number of carbonyl (C=O) groups excluding carboxylic acids is 1. The van der Waals surface area contributed by atoms with E-state index in [1.165, 1.54) is 12.1 Å². The number of hydrogen-bond acceptors (Lipinski definition) is 1. The first kappa shape index (κ1) is 15.8. The maximum absolute atomic E-state index is 12.8. The lowest BCUT2D eigenvalue weighted by atomic mass is 10.1. The van der Waals surface area contributed by atoms with Gasteiger partial charge in [-0.05, 0) is 35.7 Å². The van der Waals surface area contributed by atoms with Crippen LogP contribution in [-0.4, -0.2) is 5.91 Å². The third-order valence-corrected chi connectivity index (χ3v) is 3.91. The van der Waals surface area contributed by atoms with Crippen LogP contribution in [0.3, 0.4) is 0 Å². The van der Waals surface area contributed by atoms with Crippen molar-refractivity contribution in [3.63, 3.8) is 0 Å². The highest BCUT2D eigenvalue weighted by atomic mass is 35.5. The van der Waals surface area contributed by atoms with Crippen molar-refractivity contribution in [1.82, 2.24) is 5.32 Å². The molecule has 0 spiro atoms. The molecule has 1 amide bonds. The van der Waals surface area contributed by atoms with Gasteiger partial charge in [-0.2, -0.15) is 0 Å². The second-order valence-corrected chi connectivity index (χ2v) is 5.40. The Kier molecular flexibility index (Phi) is 5.59. The van der Waals surface area contributed by atoms with E-state index in [0.717, 1.165) is 11.1 Å². The lowest BCUT2D eigenvalue weighted by molar-refractivity contribution is -0.121. The van der Waals surface area contributed by atoms with E-state index in [-0.39, 0.29) is 11.7 Å². The molecule has 2 aromatic rings. The normalized spacial score (nSPS) is 10.4. The van der Waals surface area contributed by atoms with Gasteiger partial charge in [0.1, 0.15) is 5.82 Å². The molecule has 2 rings (SSSR count). The maximum atomic E-state index is 12.8. The Balaban J connectivity index is 1.82. The number of aryl methyl sites for hydroxylation is 1. The Bertz CT molecular complexity index is 629. The van der Waals surface area contributed by atoms with Gasteiger partial charge in [0.2, 0.25) is 5.91 Å². The summed E-state index contributed by atoms with van der Waals surface area (Å²) in [6.45, 7) is 0.377. The summed E-state index contributed by atoms with van der Waals surface area (Å²) >= 11 is 12.0. The summed E-state index contributed by atoms with van der Waals surface area (Å²) in [5.41, 5.74) is 1.70. The zero-order chi connectivity index (χ0) is 15.2. The number of benzene rings is 2. The highest BCUT2D eigenvalue weighted by molar-refractivity contribution is 6.42. The highest BCUT2D eigenvalue weighted by Gasteiger charge is 2.07. The summed E-state index contributed by atoms with van der Waals surface area (Å²) in [5.74, 6) is -0.379. The first-order chi connectivity index (χ1) is 10.1. The van der Waals surface area contributed by atoms with Crippen molar-refractivity contribution in [3.8, 4) is 0 Å². The Morgan fingerprint density at radius 2 is 1.81 bits per heavy atom. The molecular formula is C16H14Cl2FNO. The second-order valence-electron chi connectivity index (χ2n) is 4.62.